The molecule has 0 aromatic heterocycles. The molecule has 0 spiro atoms. The molecule has 3 N–H and O–H groups in total. The summed E-state index contributed by atoms with van der Waals surface area (Å²) in [6, 6.07) is 15.0. The number of urea groups is 1. The molecule has 2 amide bonds. The van der Waals surface area contributed by atoms with Gasteiger partial charge in [0, 0.05) is 24.1 Å². The summed E-state index contributed by atoms with van der Waals surface area (Å²) in [5.41, 5.74) is 7.41. The van der Waals surface area contributed by atoms with E-state index in [1.54, 1.807) is 23.1 Å². The van der Waals surface area contributed by atoms with E-state index in [-0.39, 0.29) is 11.4 Å². The molecule has 1 unspecified atom stereocenters. The monoisotopic (exact) mass is 396 g/mol. The van der Waals surface area contributed by atoms with Gasteiger partial charge in [-0.25, -0.2) is 9.59 Å². The minimum atomic E-state index is -0.901. The number of hydrogen-bond acceptors (Lipinski definition) is 3. The Morgan fingerprint density at radius 3 is 2.38 bits per heavy atom. The molecular formula is C23H28N2O4. The lowest BCUT2D eigenvalue weighted by Gasteiger charge is -2.24. The first kappa shape index (κ1) is 20.7. The van der Waals surface area contributed by atoms with Gasteiger partial charge in [-0.15, -0.1) is 0 Å². The van der Waals surface area contributed by atoms with E-state index in [0.717, 1.165) is 43.7 Å². The molecule has 2 aliphatic heterocycles. The summed E-state index contributed by atoms with van der Waals surface area (Å²) in [7, 11) is 0. The number of hydrogen-bond donors (Lipinski definition) is 2. The fourth-order valence-electron chi connectivity index (χ4n) is 3.88. The van der Waals surface area contributed by atoms with E-state index in [1.807, 2.05) is 18.2 Å². The summed E-state index contributed by atoms with van der Waals surface area (Å²) in [5, 5.41) is 9.14. The normalized spacial score (nSPS) is 20.1. The number of aromatic carboxylic acids is 1. The van der Waals surface area contributed by atoms with Crippen LogP contribution < -0.4 is 10.5 Å². The van der Waals surface area contributed by atoms with E-state index in [4.69, 9.17) is 15.6 Å². The molecule has 0 aliphatic carbocycles. The van der Waals surface area contributed by atoms with Crippen molar-refractivity contribution in [2.24, 2.45) is 5.73 Å². The van der Waals surface area contributed by atoms with Crippen molar-refractivity contribution in [1.82, 2.24) is 4.90 Å². The zero-order valence-corrected chi connectivity index (χ0v) is 16.8. The van der Waals surface area contributed by atoms with Gasteiger partial charge in [-0.2, -0.15) is 0 Å². The molecule has 0 saturated carbocycles. The van der Waals surface area contributed by atoms with Gasteiger partial charge in [-0.3, -0.25) is 0 Å². The van der Waals surface area contributed by atoms with Crippen LogP contribution in [0.1, 0.15) is 47.7 Å². The van der Waals surface area contributed by atoms with Gasteiger partial charge in [-0.1, -0.05) is 37.3 Å². The van der Waals surface area contributed by atoms with Crippen LogP contribution in [0, 0.1) is 0 Å². The number of carbonyl (C=O) groups is 2. The summed E-state index contributed by atoms with van der Waals surface area (Å²) in [5.74, 6) is -0.102. The summed E-state index contributed by atoms with van der Waals surface area (Å²) in [4.78, 5) is 23.3. The van der Waals surface area contributed by atoms with Gasteiger partial charge in [0.25, 0.3) is 0 Å². The van der Waals surface area contributed by atoms with E-state index in [9.17, 15) is 9.59 Å². The van der Waals surface area contributed by atoms with Crippen LogP contribution in [0.3, 0.4) is 0 Å². The topological polar surface area (TPSA) is 92.9 Å². The van der Waals surface area contributed by atoms with Gasteiger partial charge in [0.05, 0.1) is 12.2 Å². The largest absolute Gasteiger partial charge is 0.492 e. The highest BCUT2D eigenvalue weighted by Gasteiger charge is 2.37. The van der Waals surface area contributed by atoms with Crippen molar-refractivity contribution in [3.8, 4) is 5.75 Å². The van der Waals surface area contributed by atoms with Gasteiger partial charge >= 0.3 is 12.0 Å². The van der Waals surface area contributed by atoms with E-state index in [2.05, 4.69) is 19.1 Å². The van der Waals surface area contributed by atoms with E-state index in [1.165, 1.54) is 12.0 Å². The minimum absolute atomic E-state index is 0.178. The summed E-state index contributed by atoms with van der Waals surface area (Å²) in [6.45, 7) is 4.42. The Kier molecular flexibility index (Phi) is 6.42. The Hall–Kier alpha value is -3.02. The van der Waals surface area contributed by atoms with Crippen molar-refractivity contribution in [1.29, 1.82) is 0 Å². The number of primary amides is 1. The number of amides is 2. The Labute approximate surface area is 171 Å². The number of carboxylic acids is 1. The summed E-state index contributed by atoms with van der Waals surface area (Å²) >= 11 is 0. The first-order valence-electron chi connectivity index (χ1n) is 9.98. The minimum Gasteiger partial charge on any atom is -0.492 e. The lowest BCUT2D eigenvalue weighted by molar-refractivity contribution is 0.0696. The molecule has 1 fully saturated rings. The fraction of sp³-hybridized carbons (Fsp3) is 0.391. The second-order valence-electron chi connectivity index (χ2n) is 7.91. The molecule has 154 valence electrons. The molecule has 1 atom stereocenters. The van der Waals surface area contributed by atoms with Crippen molar-refractivity contribution in [2.75, 3.05) is 19.7 Å². The number of nitrogens with zero attached hydrogens (tertiary/aromatic N) is 1. The molecule has 1 saturated heterocycles. The van der Waals surface area contributed by atoms with E-state index < -0.39 is 5.97 Å². The van der Waals surface area contributed by atoms with Gasteiger partial charge in [0.15, 0.2) is 0 Å². The second-order valence-corrected chi connectivity index (χ2v) is 7.91. The number of piperidine rings is 1. The number of likely N-dealkylation sites (tertiary alicyclic amines) is 1. The third-order valence-electron chi connectivity index (χ3n) is 5.53. The first-order valence-corrected chi connectivity index (χ1v) is 9.98. The van der Waals surface area contributed by atoms with Crippen LogP contribution in [0.2, 0.25) is 0 Å². The number of rotatable bonds is 3. The SMILES string of the molecule is CC1(Cc2ccccc2)COc2ccc(C(=O)O)cc21.NC(=O)N1CCCCC1. The first-order chi connectivity index (χ1) is 13.9. The highest BCUT2D eigenvalue weighted by atomic mass is 16.5. The van der Waals surface area contributed by atoms with Gasteiger partial charge in [-0.05, 0) is 49.4 Å². The average molecular weight is 396 g/mol. The van der Waals surface area contributed by atoms with Crippen molar-refractivity contribution < 1.29 is 19.4 Å². The highest BCUT2D eigenvalue weighted by molar-refractivity contribution is 5.88. The smallest absolute Gasteiger partial charge is 0.335 e. The predicted molar refractivity (Wildman–Crippen MR) is 111 cm³/mol. The van der Waals surface area contributed by atoms with Crippen molar-refractivity contribution in [3.63, 3.8) is 0 Å². The number of carboxylic acid groups (broad SMARTS) is 1. The lowest BCUT2D eigenvalue weighted by Crippen LogP contribution is -2.39. The molecule has 2 aliphatic rings. The Morgan fingerprint density at radius 1 is 1.10 bits per heavy atom. The second kappa shape index (κ2) is 8.99. The van der Waals surface area contributed by atoms with Crippen LogP contribution in [0.4, 0.5) is 4.79 Å². The maximum absolute atomic E-state index is 11.1. The Balaban J connectivity index is 0.000000224. The summed E-state index contributed by atoms with van der Waals surface area (Å²) in [6.07, 6.45) is 4.31. The zero-order chi connectivity index (χ0) is 20.9. The number of nitrogens with two attached hydrogens (primary N) is 1. The Bertz CT molecular complexity index is 862. The third-order valence-corrected chi connectivity index (χ3v) is 5.53. The van der Waals surface area contributed by atoms with Crippen LogP contribution in [0.15, 0.2) is 48.5 Å². The molecule has 0 radical (unpaired) electrons. The molecular weight excluding hydrogens is 368 g/mol. The molecule has 29 heavy (non-hydrogen) atoms. The maximum atomic E-state index is 11.1. The quantitative estimate of drug-likeness (QED) is 0.825. The maximum Gasteiger partial charge on any atom is 0.335 e. The predicted octanol–water partition coefficient (Wildman–Crippen LogP) is 3.83. The number of fused-ring (bicyclic) bond motifs is 1. The molecule has 6 nitrogen and oxygen atoms in total. The van der Waals surface area contributed by atoms with E-state index in [0.29, 0.717) is 12.2 Å². The van der Waals surface area contributed by atoms with Crippen LogP contribution in [-0.2, 0) is 11.8 Å². The fourth-order valence-corrected chi connectivity index (χ4v) is 3.88. The zero-order valence-electron chi connectivity index (χ0n) is 16.8. The van der Waals surface area contributed by atoms with Gasteiger partial charge in [0.2, 0.25) is 0 Å². The highest BCUT2D eigenvalue weighted by Crippen LogP contribution is 2.41. The molecule has 6 heteroatoms. The molecule has 4 rings (SSSR count). The standard InChI is InChI=1S/C17H16O3.C6H12N2O/c1-17(10-12-5-3-2-4-6-12)11-20-15-8-7-13(16(18)19)9-14(15)17;7-6(9)8-4-2-1-3-5-8/h2-9H,10-11H2,1H3,(H,18,19);1-5H2,(H2,7,9). The summed E-state index contributed by atoms with van der Waals surface area (Å²) < 4.78 is 5.73. The van der Waals surface area contributed by atoms with Crippen LogP contribution in [-0.4, -0.2) is 41.7 Å². The van der Waals surface area contributed by atoms with Crippen molar-refractivity contribution >= 4 is 12.0 Å². The number of benzene rings is 2. The van der Waals surface area contributed by atoms with Gasteiger partial charge < -0.3 is 20.5 Å². The van der Waals surface area contributed by atoms with Crippen LogP contribution >= 0.6 is 0 Å². The van der Waals surface area contributed by atoms with Crippen molar-refractivity contribution in [2.45, 2.75) is 38.0 Å². The van der Waals surface area contributed by atoms with Crippen LogP contribution in [0.5, 0.6) is 5.75 Å². The third kappa shape index (κ3) is 5.08. The number of carbonyl (C=O) groups excluding carboxylic acids is 1. The molecule has 2 heterocycles. The molecule has 0 bridgehead atoms. The van der Waals surface area contributed by atoms with Crippen molar-refractivity contribution in [3.05, 3.63) is 65.2 Å². The molecule has 2 aromatic carbocycles. The van der Waals surface area contributed by atoms with Crippen LogP contribution in [0.25, 0.3) is 0 Å². The Morgan fingerprint density at radius 2 is 1.79 bits per heavy atom. The molecule has 2 aromatic rings. The average Bonchev–Trinajstić information content (AvgIpc) is 3.06. The lowest BCUT2D eigenvalue weighted by atomic mass is 9.78. The van der Waals surface area contributed by atoms with Gasteiger partial charge in [0.1, 0.15) is 5.75 Å². The number of ether oxygens (including phenoxy) is 1. The van der Waals surface area contributed by atoms with E-state index >= 15 is 0 Å².